The lowest BCUT2D eigenvalue weighted by Gasteiger charge is -2.29. The van der Waals surface area contributed by atoms with E-state index in [1.165, 1.54) is 11.3 Å². The highest BCUT2D eigenvalue weighted by atomic mass is 32.1. The highest BCUT2D eigenvalue weighted by molar-refractivity contribution is 7.10. The molecule has 1 aliphatic heterocycles. The molecule has 2 atom stereocenters. The number of hydrogen-bond donors (Lipinski definition) is 2. The van der Waals surface area contributed by atoms with E-state index in [0.29, 0.717) is 41.1 Å². The van der Waals surface area contributed by atoms with Crippen molar-refractivity contribution in [2.45, 2.75) is 24.5 Å². The molecule has 1 saturated heterocycles. The molecule has 2 amide bonds. The average Bonchev–Trinajstić information content (AvgIpc) is 3.40. The van der Waals surface area contributed by atoms with Crippen molar-refractivity contribution in [3.8, 4) is 6.07 Å². The molecule has 1 aliphatic rings. The molecule has 4 rings (SSSR count). The highest BCUT2D eigenvalue weighted by Gasteiger charge is 2.43. The lowest BCUT2D eigenvalue weighted by Crippen LogP contribution is -2.43. The van der Waals surface area contributed by atoms with E-state index in [0.717, 1.165) is 5.56 Å². The normalized spacial score (nSPS) is 17.9. The number of rotatable bonds is 6. The van der Waals surface area contributed by atoms with Gasteiger partial charge >= 0.3 is 0 Å². The predicted molar refractivity (Wildman–Crippen MR) is 117 cm³/mol. The van der Waals surface area contributed by atoms with Crippen molar-refractivity contribution in [2.75, 3.05) is 6.54 Å². The summed E-state index contributed by atoms with van der Waals surface area (Å²) in [6.07, 6.45) is 0.564. The second-order valence-corrected chi connectivity index (χ2v) is 8.47. The summed E-state index contributed by atoms with van der Waals surface area (Å²) in [4.78, 5) is 28.1. The second-order valence-electron chi connectivity index (χ2n) is 7.56. The molecule has 3 aromatic rings. The van der Waals surface area contributed by atoms with Gasteiger partial charge in [-0.1, -0.05) is 54.6 Å². The van der Waals surface area contributed by atoms with E-state index in [4.69, 9.17) is 11.0 Å². The van der Waals surface area contributed by atoms with Crippen molar-refractivity contribution in [3.63, 3.8) is 0 Å². The van der Waals surface area contributed by atoms with Gasteiger partial charge in [0.2, 0.25) is 5.91 Å². The van der Waals surface area contributed by atoms with E-state index in [1.807, 2.05) is 5.38 Å². The number of carbonyl (C=O) groups excluding carboxylic acids is 2. The average molecular weight is 432 g/mol. The van der Waals surface area contributed by atoms with Crippen molar-refractivity contribution in [1.29, 1.82) is 5.26 Å². The third-order valence-corrected chi connectivity index (χ3v) is 6.59. The SMILES string of the molecule is N#Cc1cc(CN2CC[C@@H](c3ccccc3C(O)(C(N)=O)c3ccccc3)C2=O)cs1. The Morgan fingerprint density at radius 2 is 1.94 bits per heavy atom. The molecule has 0 aliphatic carbocycles. The zero-order chi connectivity index (χ0) is 22.0. The van der Waals surface area contributed by atoms with Crippen LogP contribution in [-0.2, 0) is 21.7 Å². The van der Waals surface area contributed by atoms with Crippen LogP contribution in [0.2, 0.25) is 0 Å². The number of nitriles is 1. The van der Waals surface area contributed by atoms with Gasteiger partial charge in [-0.05, 0) is 34.6 Å². The molecule has 0 radical (unpaired) electrons. The molecule has 0 saturated carbocycles. The zero-order valence-electron chi connectivity index (χ0n) is 16.7. The lowest BCUT2D eigenvalue weighted by atomic mass is 9.79. The van der Waals surface area contributed by atoms with Crippen LogP contribution in [-0.4, -0.2) is 28.4 Å². The third kappa shape index (κ3) is 3.72. The standard InChI is InChI=1S/C24H21N3O3S/c25-13-18-12-16(15-31-18)14-27-11-10-20(22(27)28)19-8-4-5-9-21(19)24(30,23(26)29)17-6-2-1-3-7-17/h1-9,12,15,20,30H,10-11,14H2,(H2,26,29)/t20-,24?/m0/s1. The molecule has 0 spiro atoms. The van der Waals surface area contributed by atoms with Gasteiger partial charge in [0.05, 0.1) is 5.92 Å². The van der Waals surface area contributed by atoms with Gasteiger partial charge in [-0.15, -0.1) is 11.3 Å². The van der Waals surface area contributed by atoms with Crippen LogP contribution >= 0.6 is 11.3 Å². The first-order valence-electron chi connectivity index (χ1n) is 9.88. The predicted octanol–water partition coefficient (Wildman–Crippen LogP) is 2.86. The largest absolute Gasteiger partial charge is 0.372 e. The fourth-order valence-electron chi connectivity index (χ4n) is 4.16. The number of carbonyl (C=O) groups is 2. The van der Waals surface area contributed by atoms with Crippen LogP contribution in [0.15, 0.2) is 66.0 Å². The monoisotopic (exact) mass is 431 g/mol. The first-order chi connectivity index (χ1) is 14.9. The molecule has 156 valence electrons. The summed E-state index contributed by atoms with van der Waals surface area (Å²) in [5.41, 5.74) is 5.84. The number of nitrogens with zero attached hydrogens (tertiary/aromatic N) is 2. The van der Waals surface area contributed by atoms with Crippen LogP contribution in [0, 0.1) is 11.3 Å². The van der Waals surface area contributed by atoms with Gasteiger partial charge in [0.15, 0.2) is 5.60 Å². The van der Waals surface area contributed by atoms with E-state index in [-0.39, 0.29) is 5.91 Å². The number of nitrogens with two attached hydrogens (primary N) is 1. The Bertz CT molecular complexity index is 1170. The number of benzene rings is 2. The summed E-state index contributed by atoms with van der Waals surface area (Å²) in [6.45, 7) is 0.977. The Balaban J connectivity index is 1.68. The minimum absolute atomic E-state index is 0.0722. The van der Waals surface area contributed by atoms with Gasteiger partial charge in [0.1, 0.15) is 10.9 Å². The zero-order valence-corrected chi connectivity index (χ0v) is 17.5. The van der Waals surface area contributed by atoms with E-state index in [1.54, 1.807) is 65.6 Å². The highest BCUT2D eigenvalue weighted by Crippen LogP contribution is 2.39. The number of thiophene rings is 1. The summed E-state index contributed by atoms with van der Waals surface area (Å²) in [6, 6.07) is 19.4. The van der Waals surface area contributed by atoms with Gasteiger partial charge in [-0.2, -0.15) is 5.26 Å². The van der Waals surface area contributed by atoms with Crippen LogP contribution in [0.4, 0.5) is 0 Å². The first kappa shape index (κ1) is 20.8. The third-order valence-electron chi connectivity index (χ3n) is 5.71. The number of hydrogen-bond acceptors (Lipinski definition) is 5. The molecule has 31 heavy (non-hydrogen) atoms. The number of primary amides is 1. The fraction of sp³-hybridized carbons (Fsp3) is 0.208. The smallest absolute Gasteiger partial charge is 0.258 e. The molecular weight excluding hydrogens is 410 g/mol. The van der Waals surface area contributed by atoms with Crippen molar-refractivity contribution in [1.82, 2.24) is 4.90 Å². The van der Waals surface area contributed by atoms with Crippen molar-refractivity contribution < 1.29 is 14.7 Å². The maximum absolute atomic E-state index is 13.2. The van der Waals surface area contributed by atoms with Crippen LogP contribution < -0.4 is 5.73 Å². The Morgan fingerprint density at radius 1 is 1.23 bits per heavy atom. The van der Waals surface area contributed by atoms with E-state index in [9.17, 15) is 14.7 Å². The summed E-state index contributed by atoms with van der Waals surface area (Å²) in [5, 5.41) is 22.4. The molecule has 7 heteroatoms. The van der Waals surface area contributed by atoms with Crippen molar-refractivity contribution in [3.05, 3.63) is 93.2 Å². The van der Waals surface area contributed by atoms with Gasteiger partial charge in [0.25, 0.3) is 5.91 Å². The quantitative estimate of drug-likeness (QED) is 0.626. The fourth-order valence-corrected chi connectivity index (χ4v) is 4.86. The minimum atomic E-state index is -2.04. The summed E-state index contributed by atoms with van der Waals surface area (Å²) in [5.74, 6) is -1.45. The number of likely N-dealkylation sites (tertiary alicyclic amines) is 1. The van der Waals surface area contributed by atoms with E-state index >= 15 is 0 Å². The molecule has 6 nitrogen and oxygen atoms in total. The summed E-state index contributed by atoms with van der Waals surface area (Å²) in [7, 11) is 0. The number of aliphatic hydroxyl groups is 1. The Kier molecular flexibility index (Phi) is 5.59. The van der Waals surface area contributed by atoms with E-state index < -0.39 is 17.4 Å². The molecule has 1 fully saturated rings. The molecule has 2 aromatic carbocycles. The van der Waals surface area contributed by atoms with E-state index in [2.05, 4.69) is 6.07 Å². The van der Waals surface area contributed by atoms with Crippen LogP contribution in [0.5, 0.6) is 0 Å². The van der Waals surface area contributed by atoms with Gasteiger partial charge < -0.3 is 15.7 Å². The second kappa shape index (κ2) is 8.34. The number of amides is 2. The molecule has 1 unspecified atom stereocenters. The van der Waals surface area contributed by atoms with Crippen LogP contribution in [0.25, 0.3) is 0 Å². The molecule has 0 bridgehead atoms. The lowest BCUT2D eigenvalue weighted by molar-refractivity contribution is -0.133. The Morgan fingerprint density at radius 3 is 2.61 bits per heavy atom. The first-order valence-corrected chi connectivity index (χ1v) is 10.8. The maximum Gasteiger partial charge on any atom is 0.258 e. The van der Waals surface area contributed by atoms with Crippen molar-refractivity contribution in [2.24, 2.45) is 5.73 Å². The van der Waals surface area contributed by atoms with Gasteiger partial charge in [-0.25, -0.2) is 0 Å². The summed E-state index contributed by atoms with van der Waals surface area (Å²) < 4.78 is 0. The molecular formula is C24H21N3O3S. The van der Waals surface area contributed by atoms with Gasteiger partial charge in [0, 0.05) is 18.7 Å². The Hall–Kier alpha value is -3.47. The molecule has 1 aromatic heterocycles. The molecule has 2 heterocycles. The molecule has 3 N–H and O–H groups in total. The Labute approximate surface area is 184 Å². The topological polar surface area (TPSA) is 107 Å². The van der Waals surface area contributed by atoms with Crippen molar-refractivity contribution >= 4 is 23.2 Å². The van der Waals surface area contributed by atoms with Crippen LogP contribution in [0.3, 0.4) is 0 Å². The van der Waals surface area contributed by atoms with Gasteiger partial charge in [-0.3, -0.25) is 9.59 Å². The van der Waals surface area contributed by atoms with Crippen LogP contribution in [0.1, 0.15) is 39.5 Å². The minimum Gasteiger partial charge on any atom is -0.372 e. The summed E-state index contributed by atoms with van der Waals surface area (Å²) >= 11 is 1.35. The maximum atomic E-state index is 13.2.